The maximum Gasteiger partial charge on any atom is 0.266 e. The van der Waals surface area contributed by atoms with Gasteiger partial charge in [0.25, 0.3) is 5.56 Å². The molecule has 0 aliphatic heterocycles. The monoisotopic (exact) mass is 528 g/mol. The summed E-state index contributed by atoms with van der Waals surface area (Å²) in [6, 6.07) is 20.7. The third-order valence-electron chi connectivity index (χ3n) is 5.96. The SMILES string of the molecule is COc1ccc(-c2csc(NC(=O)CSc3nc4ccccc4c(=O)n3-c3ccc(C)c(C)c3)n2)cc1. The van der Waals surface area contributed by atoms with Crippen molar-refractivity contribution in [1.82, 2.24) is 14.5 Å². The van der Waals surface area contributed by atoms with E-state index in [0.717, 1.165) is 33.8 Å². The molecule has 0 aliphatic carbocycles. The van der Waals surface area contributed by atoms with Crippen LogP contribution in [0.15, 0.2) is 82.1 Å². The molecule has 0 fully saturated rings. The Bertz CT molecular complexity index is 1660. The van der Waals surface area contributed by atoms with Gasteiger partial charge in [0.05, 0.1) is 35.1 Å². The molecule has 3 aromatic carbocycles. The van der Waals surface area contributed by atoms with Crippen molar-refractivity contribution in [3.05, 3.63) is 93.6 Å². The molecule has 0 bridgehead atoms. The van der Waals surface area contributed by atoms with Crippen molar-refractivity contribution >= 4 is 45.0 Å². The third kappa shape index (κ3) is 5.28. The van der Waals surface area contributed by atoms with E-state index >= 15 is 0 Å². The molecule has 7 nitrogen and oxygen atoms in total. The Morgan fingerprint density at radius 1 is 1.03 bits per heavy atom. The lowest BCUT2D eigenvalue weighted by molar-refractivity contribution is -0.113. The first-order chi connectivity index (χ1) is 17.9. The van der Waals surface area contributed by atoms with E-state index in [9.17, 15) is 9.59 Å². The van der Waals surface area contributed by atoms with Crippen molar-refractivity contribution in [2.75, 3.05) is 18.2 Å². The first-order valence-corrected chi connectivity index (χ1v) is 13.4. The topological polar surface area (TPSA) is 86.1 Å². The highest BCUT2D eigenvalue weighted by Gasteiger charge is 2.16. The summed E-state index contributed by atoms with van der Waals surface area (Å²) < 4.78 is 6.78. The fourth-order valence-corrected chi connectivity index (χ4v) is 5.36. The number of hydrogen-bond donors (Lipinski definition) is 1. The molecule has 0 unspecified atom stereocenters. The summed E-state index contributed by atoms with van der Waals surface area (Å²) in [6.45, 7) is 4.03. The van der Waals surface area contributed by atoms with E-state index in [1.807, 2.05) is 79.9 Å². The molecule has 0 saturated carbocycles. The average molecular weight is 529 g/mol. The minimum absolute atomic E-state index is 0.0765. The largest absolute Gasteiger partial charge is 0.497 e. The van der Waals surface area contributed by atoms with E-state index in [4.69, 9.17) is 9.72 Å². The zero-order chi connectivity index (χ0) is 25.9. The number of fused-ring (bicyclic) bond motifs is 1. The smallest absolute Gasteiger partial charge is 0.266 e. The standard InChI is InChI=1S/C28H24N4O3S2/c1-17-8-11-20(14-18(17)2)32-26(34)22-6-4-5-7-23(22)30-28(32)37-16-25(33)31-27-29-24(15-36-27)19-9-12-21(35-3)13-10-19/h4-15H,16H2,1-3H3,(H,29,31,33). The molecule has 1 N–H and O–H groups in total. The van der Waals surface area contributed by atoms with Crippen LogP contribution in [0, 0.1) is 13.8 Å². The molecule has 0 spiro atoms. The number of methoxy groups -OCH3 is 1. The molecule has 186 valence electrons. The van der Waals surface area contributed by atoms with Crippen molar-refractivity contribution in [1.29, 1.82) is 0 Å². The Kier molecular flexibility index (Phi) is 7.07. The molecule has 5 rings (SSSR count). The highest BCUT2D eigenvalue weighted by molar-refractivity contribution is 7.99. The van der Waals surface area contributed by atoms with E-state index in [2.05, 4.69) is 10.3 Å². The lowest BCUT2D eigenvalue weighted by Crippen LogP contribution is -2.23. The first-order valence-electron chi connectivity index (χ1n) is 11.5. The summed E-state index contributed by atoms with van der Waals surface area (Å²) in [5.74, 6) is 0.619. The number of ether oxygens (including phenoxy) is 1. The Hall–Kier alpha value is -3.95. The number of nitrogens with one attached hydrogen (secondary N) is 1. The Labute approximate surface area is 222 Å². The predicted molar refractivity (Wildman–Crippen MR) is 150 cm³/mol. The number of aromatic nitrogens is 3. The van der Waals surface area contributed by atoms with Crippen molar-refractivity contribution in [2.24, 2.45) is 0 Å². The van der Waals surface area contributed by atoms with Crippen LogP contribution < -0.4 is 15.6 Å². The van der Waals surface area contributed by atoms with Gasteiger partial charge >= 0.3 is 0 Å². The number of carbonyl (C=O) groups excluding carboxylic acids is 1. The number of rotatable bonds is 7. The summed E-state index contributed by atoms with van der Waals surface area (Å²) in [6.07, 6.45) is 0. The number of aryl methyl sites for hydroxylation is 2. The fraction of sp³-hybridized carbons (Fsp3) is 0.143. The summed E-state index contributed by atoms with van der Waals surface area (Å²) in [4.78, 5) is 35.5. The number of thiazole rings is 1. The molecular weight excluding hydrogens is 504 g/mol. The molecule has 0 saturated heterocycles. The van der Waals surface area contributed by atoms with Crippen molar-refractivity contribution in [2.45, 2.75) is 19.0 Å². The number of thioether (sulfide) groups is 1. The summed E-state index contributed by atoms with van der Waals surface area (Å²) in [7, 11) is 1.62. The van der Waals surface area contributed by atoms with Crippen LogP contribution in [-0.2, 0) is 4.79 Å². The molecular formula is C28H24N4O3S2. The van der Waals surface area contributed by atoms with Crippen LogP contribution in [0.25, 0.3) is 27.8 Å². The van der Waals surface area contributed by atoms with Crippen LogP contribution >= 0.6 is 23.1 Å². The van der Waals surface area contributed by atoms with Crippen molar-refractivity contribution in [3.63, 3.8) is 0 Å². The number of amides is 1. The summed E-state index contributed by atoms with van der Waals surface area (Å²) in [5.41, 5.74) is 5.07. The maximum absolute atomic E-state index is 13.5. The zero-order valence-electron chi connectivity index (χ0n) is 20.5. The summed E-state index contributed by atoms with van der Waals surface area (Å²) in [5, 5.41) is 6.25. The van der Waals surface area contributed by atoms with Crippen LogP contribution in [0.5, 0.6) is 5.75 Å². The van der Waals surface area contributed by atoms with Gasteiger partial charge in [-0.2, -0.15) is 0 Å². The second-order valence-corrected chi connectivity index (χ2v) is 10.2. The van der Waals surface area contributed by atoms with Crippen LogP contribution in [0.2, 0.25) is 0 Å². The summed E-state index contributed by atoms with van der Waals surface area (Å²) >= 11 is 2.58. The van der Waals surface area contributed by atoms with Gasteiger partial charge in [-0.25, -0.2) is 9.97 Å². The second kappa shape index (κ2) is 10.6. The van der Waals surface area contributed by atoms with Crippen LogP contribution in [-0.4, -0.2) is 33.3 Å². The number of nitrogens with zero attached hydrogens (tertiary/aromatic N) is 3. The van der Waals surface area contributed by atoms with Gasteiger partial charge in [0.2, 0.25) is 5.91 Å². The fourth-order valence-electron chi connectivity index (χ4n) is 3.81. The average Bonchev–Trinajstić information content (AvgIpc) is 3.37. The number of para-hydroxylation sites is 1. The van der Waals surface area contributed by atoms with Gasteiger partial charge in [0, 0.05) is 10.9 Å². The lowest BCUT2D eigenvalue weighted by atomic mass is 10.1. The maximum atomic E-state index is 13.5. The zero-order valence-corrected chi connectivity index (χ0v) is 22.2. The van der Waals surface area contributed by atoms with Crippen molar-refractivity contribution in [3.8, 4) is 22.7 Å². The molecule has 2 aromatic heterocycles. The van der Waals surface area contributed by atoms with Crippen LogP contribution in [0.1, 0.15) is 11.1 Å². The Morgan fingerprint density at radius 3 is 2.57 bits per heavy atom. The minimum atomic E-state index is -0.227. The molecule has 0 radical (unpaired) electrons. The van der Waals surface area contributed by atoms with E-state index < -0.39 is 0 Å². The van der Waals surface area contributed by atoms with Gasteiger partial charge in [-0.05, 0) is 73.5 Å². The highest BCUT2D eigenvalue weighted by Crippen LogP contribution is 2.27. The molecule has 0 atom stereocenters. The van der Waals surface area contributed by atoms with E-state index in [-0.39, 0.29) is 17.2 Å². The van der Waals surface area contributed by atoms with Gasteiger partial charge in [-0.1, -0.05) is 30.0 Å². The van der Waals surface area contributed by atoms with Crippen molar-refractivity contribution < 1.29 is 9.53 Å². The van der Waals surface area contributed by atoms with Gasteiger partial charge < -0.3 is 10.1 Å². The van der Waals surface area contributed by atoms with Gasteiger partial charge in [-0.15, -0.1) is 11.3 Å². The molecule has 5 aromatic rings. The van der Waals surface area contributed by atoms with E-state index in [1.165, 1.54) is 23.1 Å². The van der Waals surface area contributed by atoms with Crippen LogP contribution in [0.3, 0.4) is 0 Å². The van der Waals surface area contributed by atoms with Crippen LogP contribution in [0.4, 0.5) is 5.13 Å². The normalized spacial score (nSPS) is 11.0. The minimum Gasteiger partial charge on any atom is -0.497 e. The number of carbonyl (C=O) groups is 1. The van der Waals surface area contributed by atoms with Gasteiger partial charge in [0.15, 0.2) is 10.3 Å². The Balaban J connectivity index is 1.37. The first kappa shape index (κ1) is 24.7. The number of benzene rings is 3. The van der Waals surface area contributed by atoms with E-state index in [1.54, 1.807) is 17.7 Å². The van der Waals surface area contributed by atoms with Gasteiger partial charge in [-0.3, -0.25) is 14.2 Å². The predicted octanol–water partition coefficient (Wildman–Crippen LogP) is 5.87. The molecule has 2 heterocycles. The molecule has 0 aliphatic rings. The third-order valence-corrected chi connectivity index (χ3v) is 7.66. The van der Waals surface area contributed by atoms with E-state index in [0.29, 0.717) is 21.2 Å². The molecule has 9 heteroatoms. The molecule has 1 amide bonds. The second-order valence-electron chi connectivity index (χ2n) is 8.42. The number of anilines is 1. The molecule has 37 heavy (non-hydrogen) atoms. The highest BCUT2D eigenvalue weighted by atomic mass is 32.2. The number of hydrogen-bond acceptors (Lipinski definition) is 7. The lowest BCUT2D eigenvalue weighted by Gasteiger charge is -2.14. The van der Waals surface area contributed by atoms with Gasteiger partial charge in [0.1, 0.15) is 5.75 Å². The Morgan fingerprint density at radius 2 is 1.81 bits per heavy atom. The quantitative estimate of drug-likeness (QED) is 0.210.